The summed E-state index contributed by atoms with van der Waals surface area (Å²) < 4.78 is 4.93. The maximum Gasteiger partial charge on any atom is 0.157 e. The normalized spacial score (nSPS) is 24.2. The Morgan fingerprint density at radius 1 is 1.58 bits per heavy atom. The lowest BCUT2D eigenvalue weighted by atomic mass is 9.95. The predicted octanol–water partition coefficient (Wildman–Crippen LogP) is 0.845. The summed E-state index contributed by atoms with van der Waals surface area (Å²) >= 11 is 0. The van der Waals surface area contributed by atoms with Crippen molar-refractivity contribution in [2.45, 2.75) is 25.7 Å². The van der Waals surface area contributed by atoms with E-state index in [1.54, 1.807) is 0 Å². The van der Waals surface area contributed by atoms with Crippen molar-refractivity contribution in [1.29, 1.82) is 0 Å². The van der Waals surface area contributed by atoms with E-state index in [9.17, 15) is 0 Å². The average Bonchev–Trinajstić information content (AvgIpc) is 2.53. The number of piperidine rings is 1. The molecule has 1 unspecified atom stereocenters. The summed E-state index contributed by atoms with van der Waals surface area (Å²) in [4.78, 5) is 0. The Bertz CT molecular complexity index is 253. The molecule has 66 valence electrons. The van der Waals surface area contributed by atoms with Crippen molar-refractivity contribution in [3.8, 4) is 0 Å². The van der Waals surface area contributed by atoms with E-state index in [1.807, 2.05) is 6.92 Å². The summed E-state index contributed by atoms with van der Waals surface area (Å²) in [5, 5.41) is 10.9. The van der Waals surface area contributed by atoms with Crippen molar-refractivity contribution < 1.29 is 4.52 Å². The number of nitrogens with zero attached hydrogens (tertiary/aromatic N) is 2. The molecule has 0 aliphatic carbocycles. The summed E-state index contributed by atoms with van der Waals surface area (Å²) in [6.07, 6.45) is 2.42. The lowest BCUT2D eigenvalue weighted by Crippen LogP contribution is -2.28. The van der Waals surface area contributed by atoms with E-state index in [-0.39, 0.29) is 0 Å². The highest BCUT2D eigenvalue weighted by molar-refractivity contribution is 5.11. The zero-order valence-corrected chi connectivity index (χ0v) is 7.21. The highest BCUT2D eigenvalue weighted by atomic mass is 16.5. The fourth-order valence-electron chi connectivity index (χ4n) is 1.70. The lowest BCUT2D eigenvalue weighted by molar-refractivity contribution is 0.373. The Balaban J connectivity index is 2.13. The van der Waals surface area contributed by atoms with E-state index in [2.05, 4.69) is 15.7 Å². The van der Waals surface area contributed by atoms with E-state index >= 15 is 0 Å². The van der Waals surface area contributed by atoms with Gasteiger partial charge in [-0.1, -0.05) is 0 Å². The van der Waals surface area contributed by atoms with Crippen molar-refractivity contribution in [3.63, 3.8) is 0 Å². The summed E-state index contributed by atoms with van der Waals surface area (Å²) in [5.74, 6) is 1.37. The third-order valence-electron chi connectivity index (χ3n) is 2.37. The number of aromatic nitrogens is 2. The molecule has 1 fully saturated rings. The van der Waals surface area contributed by atoms with Crippen LogP contribution in [0.25, 0.3) is 0 Å². The molecule has 0 aromatic carbocycles. The van der Waals surface area contributed by atoms with Gasteiger partial charge in [0.25, 0.3) is 0 Å². The van der Waals surface area contributed by atoms with Crippen LogP contribution in [0.1, 0.15) is 30.2 Å². The minimum absolute atomic E-state index is 0.505. The minimum Gasteiger partial charge on any atom is -0.342 e. The Morgan fingerprint density at radius 2 is 2.50 bits per heavy atom. The van der Waals surface area contributed by atoms with Crippen LogP contribution < -0.4 is 5.32 Å². The van der Waals surface area contributed by atoms with Gasteiger partial charge in [-0.3, -0.25) is 0 Å². The molecule has 1 saturated heterocycles. The third-order valence-corrected chi connectivity index (χ3v) is 2.37. The lowest BCUT2D eigenvalue weighted by Gasteiger charge is -2.20. The van der Waals surface area contributed by atoms with Gasteiger partial charge in [-0.2, -0.15) is 0 Å². The SMILES string of the molecule is Cc1onnc1C1CCCNC1. The second kappa shape index (κ2) is 3.23. The summed E-state index contributed by atoms with van der Waals surface area (Å²) in [6, 6.07) is 0. The molecule has 0 radical (unpaired) electrons. The van der Waals surface area contributed by atoms with Gasteiger partial charge in [-0.05, 0) is 26.3 Å². The zero-order valence-electron chi connectivity index (χ0n) is 7.21. The molecule has 1 aliphatic heterocycles. The van der Waals surface area contributed by atoms with E-state index in [4.69, 9.17) is 4.52 Å². The highest BCUT2D eigenvalue weighted by Gasteiger charge is 2.20. The Labute approximate surface area is 71.3 Å². The maximum absolute atomic E-state index is 4.93. The second-order valence-corrected chi connectivity index (χ2v) is 3.26. The van der Waals surface area contributed by atoms with E-state index < -0.39 is 0 Å². The predicted molar refractivity (Wildman–Crippen MR) is 43.9 cm³/mol. The molecule has 1 N–H and O–H groups in total. The van der Waals surface area contributed by atoms with Gasteiger partial charge in [0.15, 0.2) is 5.76 Å². The van der Waals surface area contributed by atoms with Gasteiger partial charge < -0.3 is 9.84 Å². The van der Waals surface area contributed by atoms with Crippen LogP contribution in [0, 0.1) is 6.92 Å². The molecular formula is C8H13N3O. The summed E-state index contributed by atoms with van der Waals surface area (Å²) in [7, 11) is 0. The minimum atomic E-state index is 0.505. The number of nitrogens with one attached hydrogen (secondary N) is 1. The first-order chi connectivity index (χ1) is 5.88. The first-order valence-corrected chi connectivity index (χ1v) is 4.37. The molecule has 0 saturated carbocycles. The fourth-order valence-corrected chi connectivity index (χ4v) is 1.70. The molecule has 0 amide bonds. The van der Waals surface area contributed by atoms with Crippen LogP contribution in [-0.2, 0) is 0 Å². The standard InChI is InChI=1S/C8H13N3O/c1-6-8(10-11-12-6)7-3-2-4-9-5-7/h7,9H,2-5H2,1H3. The van der Waals surface area contributed by atoms with Crippen molar-refractivity contribution >= 4 is 0 Å². The van der Waals surface area contributed by atoms with Crippen molar-refractivity contribution in [2.75, 3.05) is 13.1 Å². The molecule has 0 bridgehead atoms. The zero-order chi connectivity index (χ0) is 8.39. The monoisotopic (exact) mass is 167 g/mol. The van der Waals surface area contributed by atoms with Crippen LogP contribution in [-0.4, -0.2) is 23.5 Å². The number of hydrogen-bond acceptors (Lipinski definition) is 4. The van der Waals surface area contributed by atoms with Gasteiger partial charge in [0.2, 0.25) is 0 Å². The number of rotatable bonds is 1. The van der Waals surface area contributed by atoms with Crippen LogP contribution in [0.15, 0.2) is 4.52 Å². The maximum atomic E-state index is 4.93. The molecule has 1 aliphatic rings. The smallest absolute Gasteiger partial charge is 0.157 e. The van der Waals surface area contributed by atoms with Crippen molar-refractivity contribution in [3.05, 3.63) is 11.5 Å². The first kappa shape index (κ1) is 7.73. The molecule has 0 spiro atoms. The van der Waals surface area contributed by atoms with Crippen molar-refractivity contribution in [2.24, 2.45) is 0 Å². The second-order valence-electron chi connectivity index (χ2n) is 3.26. The van der Waals surface area contributed by atoms with Crippen LogP contribution in [0.4, 0.5) is 0 Å². The molecule has 4 heteroatoms. The van der Waals surface area contributed by atoms with Crippen LogP contribution in [0.5, 0.6) is 0 Å². The Morgan fingerprint density at radius 3 is 3.08 bits per heavy atom. The van der Waals surface area contributed by atoms with Gasteiger partial charge in [-0.15, -0.1) is 5.10 Å². The Kier molecular flexibility index (Phi) is 2.08. The topological polar surface area (TPSA) is 51.0 Å². The molecular weight excluding hydrogens is 154 g/mol. The molecule has 1 atom stereocenters. The largest absolute Gasteiger partial charge is 0.342 e. The molecule has 12 heavy (non-hydrogen) atoms. The van der Waals surface area contributed by atoms with Crippen LogP contribution >= 0.6 is 0 Å². The molecule has 1 aromatic rings. The quantitative estimate of drug-likeness (QED) is 0.673. The van der Waals surface area contributed by atoms with Crippen LogP contribution in [0.3, 0.4) is 0 Å². The van der Waals surface area contributed by atoms with Crippen LogP contribution in [0.2, 0.25) is 0 Å². The fraction of sp³-hybridized carbons (Fsp3) is 0.750. The highest BCUT2D eigenvalue weighted by Crippen LogP contribution is 2.23. The third kappa shape index (κ3) is 1.34. The van der Waals surface area contributed by atoms with Gasteiger partial charge in [0.1, 0.15) is 5.69 Å². The van der Waals surface area contributed by atoms with Gasteiger partial charge >= 0.3 is 0 Å². The molecule has 1 aromatic heterocycles. The summed E-state index contributed by atoms with van der Waals surface area (Å²) in [6.45, 7) is 4.06. The van der Waals surface area contributed by atoms with Gasteiger partial charge in [0, 0.05) is 17.7 Å². The average molecular weight is 167 g/mol. The number of aryl methyl sites for hydroxylation is 1. The van der Waals surface area contributed by atoms with E-state index in [0.29, 0.717) is 5.92 Å². The van der Waals surface area contributed by atoms with E-state index in [0.717, 1.165) is 24.5 Å². The van der Waals surface area contributed by atoms with Gasteiger partial charge in [-0.25, -0.2) is 0 Å². The molecule has 2 rings (SSSR count). The molecule has 2 heterocycles. The first-order valence-electron chi connectivity index (χ1n) is 4.37. The van der Waals surface area contributed by atoms with E-state index in [1.165, 1.54) is 12.8 Å². The van der Waals surface area contributed by atoms with Crippen molar-refractivity contribution in [1.82, 2.24) is 15.7 Å². The summed E-state index contributed by atoms with van der Waals surface area (Å²) in [5.41, 5.74) is 1.03. The Hall–Kier alpha value is -0.900. The number of hydrogen-bond donors (Lipinski definition) is 1. The molecule has 4 nitrogen and oxygen atoms in total. The van der Waals surface area contributed by atoms with Gasteiger partial charge in [0.05, 0.1) is 0 Å².